The minimum absolute atomic E-state index is 0.126. The van der Waals surface area contributed by atoms with E-state index in [9.17, 15) is 14.4 Å². The average molecular weight is 350 g/mol. The Kier molecular flexibility index (Phi) is 4.20. The molecule has 2 aromatic rings. The molecule has 0 spiro atoms. The van der Waals surface area contributed by atoms with Crippen LogP contribution in [0.1, 0.15) is 63.2 Å². The summed E-state index contributed by atoms with van der Waals surface area (Å²) in [7, 11) is 0. The Bertz CT molecular complexity index is 838. The van der Waals surface area contributed by atoms with Gasteiger partial charge in [0.25, 0.3) is 17.7 Å². The third-order valence-electron chi connectivity index (χ3n) is 4.93. The van der Waals surface area contributed by atoms with Gasteiger partial charge in [0.05, 0.1) is 29.2 Å². The molecule has 0 atom stereocenters. The van der Waals surface area contributed by atoms with E-state index in [0.717, 1.165) is 30.6 Å². The van der Waals surface area contributed by atoms with Crippen molar-refractivity contribution in [3.8, 4) is 0 Å². The van der Waals surface area contributed by atoms with Crippen LogP contribution in [0.15, 0.2) is 36.7 Å². The Balaban J connectivity index is 1.51. The first kappa shape index (κ1) is 16.4. The van der Waals surface area contributed by atoms with Gasteiger partial charge in [-0.2, -0.15) is 10.2 Å². The van der Waals surface area contributed by atoms with Crippen LogP contribution in [-0.2, 0) is 0 Å². The van der Waals surface area contributed by atoms with Crippen molar-refractivity contribution in [1.82, 2.24) is 15.5 Å². The van der Waals surface area contributed by atoms with Crippen LogP contribution in [0.4, 0.5) is 5.69 Å². The van der Waals surface area contributed by atoms with Crippen molar-refractivity contribution >= 4 is 23.4 Å². The van der Waals surface area contributed by atoms with E-state index in [1.807, 2.05) is 0 Å². The molecule has 1 N–H and O–H groups in total. The second kappa shape index (κ2) is 6.67. The zero-order chi connectivity index (χ0) is 18.1. The summed E-state index contributed by atoms with van der Waals surface area (Å²) in [5.74, 6) is -0.988. The molecular weight excluding hydrogens is 332 g/mol. The summed E-state index contributed by atoms with van der Waals surface area (Å²) in [4.78, 5) is 38.4. The molecule has 0 bridgehead atoms. The lowest BCUT2D eigenvalue weighted by Crippen LogP contribution is -2.36. The predicted molar refractivity (Wildman–Crippen MR) is 94.0 cm³/mol. The fourth-order valence-corrected chi connectivity index (χ4v) is 3.51. The maximum Gasteiger partial charge on any atom is 0.267 e. The standard InChI is InChI=1S/C19H18N4O3/c24-17(22-13-4-2-1-3-5-13)12-6-8-14(9-7-12)23-18(25)15-10-20-21-11-16(15)19(23)26/h6-11,13H,1-5H2,(H,22,24). The lowest BCUT2D eigenvalue weighted by molar-refractivity contribution is 0.0917. The summed E-state index contributed by atoms with van der Waals surface area (Å²) in [5, 5.41) is 10.4. The van der Waals surface area contributed by atoms with Gasteiger partial charge in [0.15, 0.2) is 0 Å². The molecule has 26 heavy (non-hydrogen) atoms. The van der Waals surface area contributed by atoms with E-state index in [0.29, 0.717) is 11.3 Å². The van der Waals surface area contributed by atoms with Gasteiger partial charge >= 0.3 is 0 Å². The lowest BCUT2D eigenvalue weighted by Gasteiger charge is -2.22. The highest BCUT2D eigenvalue weighted by atomic mass is 16.2. The number of aromatic nitrogens is 2. The zero-order valence-corrected chi connectivity index (χ0v) is 14.1. The SMILES string of the molecule is O=C(NC1CCCCC1)c1ccc(N2C(=O)c3cnncc3C2=O)cc1. The summed E-state index contributed by atoms with van der Waals surface area (Å²) >= 11 is 0. The molecule has 4 rings (SSSR count). The number of nitrogens with one attached hydrogen (secondary N) is 1. The first-order chi connectivity index (χ1) is 12.6. The highest BCUT2D eigenvalue weighted by Crippen LogP contribution is 2.27. The number of hydrogen-bond acceptors (Lipinski definition) is 5. The molecule has 0 unspecified atom stereocenters. The third kappa shape index (κ3) is 2.85. The van der Waals surface area contributed by atoms with E-state index < -0.39 is 11.8 Å². The van der Waals surface area contributed by atoms with Gasteiger partial charge in [0, 0.05) is 11.6 Å². The number of carbonyl (C=O) groups excluding carboxylic acids is 3. The van der Waals surface area contributed by atoms with Crippen LogP contribution >= 0.6 is 0 Å². The molecule has 0 radical (unpaired) electrons. The smallest absolute Gasteiger partial charge is 0.267 e. The van der Waals surface area contributed by atoms with Crippen LogP contribution in [0, 0.1) is 0 Å². The highest BCUT2D eigenvalue weighted by Gasteiger charge is 2.37. The van der Waals surface area contributed by atoms with E-state index >= 15 is 0 Å². The van der Waals surface area contributed by atoms with Crippen molar-refractivity contribution in [2.75, 3.05) is 4.90 Å². The zero-order valence-electron chi connectivity index (χ0n) is 14.1. The number of fused-ring (bicyclic) bond motifs is 1. The molecule has 7 heteroatoms. The molecule has 1 aromatic carbocycles. The van der Waals surface area contributed by atoms with Crippen LogP contribution in [0.3, 0.4) is 0 Å². The van der Waals surface area contributed by atoms with Crippen LogP contribution < -0.4 is 10.2 Å². The van der Waals surface area contributed by atoms with Gasteiger partial charge in [0.1, 0.15) is 0 Å². The van der Waals surface area contributed by atoms with E-state index in [2.05, 4.69) is 15.5 Å². The fourth-order valence-electron chi connectivity index (χ4n) is 3.51. The van der Waals surface area contributed by atoms with Gasteiger partial charge < -0.3 is 5.32 Å². The highest BCUT2D eigenvalue weighted by molar-refractivity contribution is 6.34. The summed E-state index contributed by atoms with van der Waals surface area (Å²) < 4.78 is 0. The Hall–Kier alpha value is -3.09. The number of nitrogens with zero attached hydrogens (tertiary/aromatic N) is 3. The molecule has 1 fully saturated rings. The first-order valence-electron chi connectivity index (χ1n) is 8.75. The summed E-state index contributed by atoms with van der Waals surface area (Å²) in [6.45, 7) is 0. The quantitative estimate of drug-likeness (QED) is 0.858. The third-order valence-corrected chi connectivity index (χ3v) is 4.93. The topological polar surface area (TPSA) is 92.3 Å². The van der Waals surface area contributed by atoms with Crippen molar-refractivity contribution in [3.63, 3.8) is 0 Å². The normalized spacial score (nSPS) is 17.3. The average Bonchev–Trinajstić information content (AvgIpc) is 2.94. The number of amides is 3. The summed E-state index contributed by atoms with van der Waals surface area (Å²) in [6.07, 6.45) is 8.14. The molecule has 2 aliphatic rings. The second-order valence-corrected chi connectivity index (χ2v) is 6.62. The molecule has 3 amide bonds. The molecule has 1 aliphatic carbocycles. The summed E-state index contributed by atoms with van der Waals surface area (Å²) in [6, 6.07) is 6.71. The van der Waals surface area contributed by atoms with Crippen molar-refractivity contribution in [2.24, 2.45) is 0 Å². The molecular formula is C19H18N4O3. The number of hydrogen-bond donors (Lipinski definition) is 1. The van der Waals surface area contributed by atoms with Gasteiger partial charge in [0.2, 0.25) is 0 Å². The molecule has 1 aromatic heterocycles. The molecule has 1 aliphatic heterocycles. The van der Waals surface area contributed by atoms with E-state index in [-0.39, 0.29) is 23.1 Å². The number of imide groups is 1. The fraction of sp³-hybridized carbons (Fsp3) is 0.316. The van der Waals surface area contributed by atoms with Gasteiger partial charge in [-0.1, -0.05) is 19.3 Å². The van der Waals surface area contributed by atoms with Gasteiger partial charge in [-0.3, -0.25) is 14.4 Å². The van der Waals surface area contributed by atoms with E-state index in [1.165, 1.54) is 18.8 Å². The number of rotatable bonds is 3. The maximum absolute atomic E-state index is 12.4. The van der Waals surface area contributed by atoms with Gasteiger partial charge in [-0.15, -0.1) is 0 Å². The molecule has 1 saturated carbocycles. The van der Waals surface area contributed by atoms with Gasteiger partial charge in [-0.05, 0) is 37.1 Å². The Labute approximate surface area is 150 Å². The number of benzene rings is 1. The minimum Gasteiger partial charge on any atom is -0.349 e. The molecule has 0 saturated heterocycles. The van der Waals surface area contributed by atoms with Gasteiger partial charge in [-0.25, -0.2) is 4.90 Å². The van der Waals surface area contributed by atoms with Crippen molar-refractivity contribution in [1.29, 1.82) is 0 Å². The maximum atomic E-state index is 12.4. The Morgan fingerprint density at radius 2 is 1.50 bits per heavy atom. The molecule has 132 valence electrons. The van der Waals surface area contributed by atoms with Crippen molar-refractivity contribution in [3.05, 3.63) is 53.3 Å². The Morgan fingerprint density at radius 3 is 2.08 bits per heavy atom. The largest absolute Gasteiger partial charge is 0.349 e. The molecule has 2 heterocycles. The summed E-state index contributed by atoms with van der Waals surface area (Å²) in [5.41, 5.74) is 1.41. The van der Waals surface area contributed by atoms with Crippen LogP contribution in [0.5, 0.6) is 0 Å². The van der Waals surface area contributed by atoms with Crippen molar-refractivity contribution in [2.45, 2.75) is 38.1 Å². The van der Waals surface area contributed by atoms with E-state index in [1.54, 1.807) is 24.3 Å². The monoisotopic (exact) mass is 350 g/mol. The minimum atomic E-state index is -0.431. The van der Waals surface area contributed by atoms with Crippen molar-refractivity contribution < 1.29 is 14.4 Å². The first-order valence-corrected chi connectivity index (χ1v) is 8.75. The predicted octanol–water partition coefficient (Wildman–Crippen LogP) is 2.34. The van der Waals surface area contributed by atoms with Crippen LogP contribution in [0.2, 0.25) is 0 Å². The Morgan fingerprint density at radius 1 is 0.923 bits per heavy atom. The number of carbonyl (C=O) groups is 3. The number of anilines is 1. The van der Waals surface area contributed by atoms with E-state index in [4.69, 9.17) is 0 Å². The lowest BCUT2D eigenvalue weighted by atomic mass is 9.95. The second-order valence-electron chi connectivity index (χ2n) is 6.62. The van der Waals surface area contributed by atoms with Crippen LogP contribution in [-0.4, -0.2) is 34.0 Å². The molecule has 7 nitrogen and oxygen atoms in total. The van der Waals surface area contributed by atoms with Crippen LogP contribution in [0.25, 0.3) is 0 Å².